The molecule has 0 spiro atoms. The summed E-state index contributed by atoms with van der Waals surface area (Å²) in [6.45, 7) is 15.6. The number of pyridine rings is 1. The Bertz CT molecular complexity index is 1140. The minimum atomic E-state index is -0.915. The average Bonchev–Trinajstić information content (AvgIpc) is 3.20. The molecule has 0 aliphatic rings. The van der Waals surface area contributed by atoms with Crippen molar-refractivity contribution in [1.29, 1.82) is 0 Å². The van der Waals surface area contributed by atoms with E-state index in [0.717, 1.165) is 29.1 Å². The lowest BCUT2D eigenvalue weighted by Crippen LogP contribution is -2.28. The zero-order chi connectivity index (χ0) is 29.1. The second-order valence-corrected chi connectivity index (χ2v) is 10.9. The van der Waals surface area contributed by atoms with Crippen LogP contribution < -0.4 is 5.32 Å². The van der Waals surface area contributed by atoms with Crippen LogP contribution in [0.5, 0.6) is 0 Å². The number of aromatic nitrogens is 3. The molecule has 0 amide bonds. The third-order valence-corrected chi connectivity index (χ3v) is 5.66. The number of hydrogen-bond donors (Lipinski definition) is 4. The maximum absolute atomic E-state index is 10.2. The van der Waals surface area contributed by atoms with E-state index < -0.39 is 11.2 Å². The molecule has 3 aromatic rings. The number of anilines is 1. The molecule has 0 aliphatic heterocycles. The van der Waals surface area contributed by atoms with E-state index >= 15 is 0 Å². The molecule has 0 bridgehead atoms. The number of imidazole rings is 1. The first-order valence-electron chi connectivity index (χ1n) is 13.3. The van der Waals surface area contributed by atoms with Crippen molar-refractivity contribution in [1.82, 2.24) is 14.5 Å². The minimum absolute atomic E-state index is 0.192. The Morgan fingerprint density at radius 2 is 1.63 bits per heavy atom. The van der Waals surface area contributed by atoms with E-state index in [1.165, 1.54) is 0 Å². The Kier molecular flexibility index (Phi) is 12.8. The molecule has 214 valence electrons. The van der Waals surface area contributed by atoms with Crippen LogP contribution in [0, 0.1) is 0 Å². The van der Waals surface area contributed by atoms with Crippen LogP contribution in [0.2, 0.25) is 0 Å². The van der Waals surface area contributed by atoms with Crippen LogP contribution >= 0.6 is 0 Å². The molecule has 0 unspecified atom stereocenters. The normalized spacial score (nSPS) is 12.0. The molecule has 0 atom stereocenters. The number of fused-ring (bicyclic) bond motifs is 3. The number of rotatable bonds is 11. The fraction of sp³-hybridized carbons (Fsp3) is 0.621. The Labute approximate surface area is 227 Å². The number of benzene rings is 1. The predicted octanol–water partition coefficient (Wildman–Crippen LogP) is 4.84. The van der Waals surface area contributed by atoms with Crippen molar-refractivity contribution in [2.24, 2.45) is 0 Å². The highest BCUT2D eigenvalue weighted by atomic mass is 16.5. The summed E-state index contributed by atoms with van der Waals surface area (Å²) < 4.78 is 7.46. The quantitative estimate of drug-likeness (QED) is 0.258. The molecule has 3 rings (SSSR count). The maximum Gasteiger partial charge on any atom is 0.154 e. The fourth-order valence-electron chi connectivity index (χ4n) is 3.79. The first-order valence-corrected chi connectivity index (χ1v) is 13.3. The van der Waals surface area contributed by atoms with E-state index in [1.807, 2.05) is 56.5 Å². The van der Waals surface area contributed by atoms with Crippen LogP contribution in [0.1, 0.15) is 80.5 Å². The number of ether oxygens (including phenoxy) is 1. The highest BCUT2D eigenvalue weighted by molar-refractivity contribution is 6.07. The number of aliphatic hydroxyl groups is 3. The molecular formula is C29H48N4O5. The van der Waals surface area contributed by atoms with Gasteiger partial charge in [0.1, 0.15) is 24.2 Å². The third-order valence-electron chi connectivity index (χ3n) is 5.66. The summed E-state index contributed by atoms with van der Waals surface area (Å²) in [5.74, 6) is 1.18. The van der Waals surface area contributed by atoms with Gasteiger partial charge in [-0.15, -0.1) is 0 Å². The van der Waals surface area contributed by atoms with Crippen LogP contribution in [0.15, 0.2) is 24.3 Å². The summed E-state index contributed by atoms with van der Waals surface area (Å²) in [5, 5.41) is 33.3. The molecule has 0 fully saturated rings. The lowest BCUT2D eigenvalue weighted by atomic mass is 10.0. The Morgan fingerprint density at radius 3 is 2.16 bits per heavy atom. The van der Waals surface area contributed by atoms with E-state index in [9.17, 15) is 20.1 Å². The molecule has 0 radical (unpaired) electrons. The lowest BCUT2D eigenvalue weighted by Gasteiger charge is -2.26. The van der Waals surface area contributed by atoms with E-state index in [-0.39, 0.29) is 12.2 Å². The predicted molar refractivity (Wildman–Crippen MR) is 154 cm³/mol. The van der Waals surface area contributed by atoms with Gasteiger partial charge < -0.3 is 34.7 Å². The number of carbonyl (C=O) groups excluding carboxylic acids is 1. The van der Waals surface area contributed by atoms with Gasteiger partial charge in [-0.05, 0) is 60.5 Å². The SMILES string of the molecule is CC.CC(C)(O)CCOC(C)(C)CCC=O.CNc1nc2ccccc2c2c1nc(CO)n2CC(C)(C)O. The van der Waals surface area contributed by atoms with Crippen LogP contribution in [0.25, 0.3) is 21.9 Å². The van der Waals surface area contributed by atoms with Gasteiger partial charge in [0, 0.05) is 18.9 Å². The van der Waals surface area contributed by atoms with Gasteiger partial charge >= 0.3 is 0 Å². The van der Waals surface area contributed by atoms with Crippen molar-refractivity contribution in [2.45, 2.75) is 105 Å². The largest absolute Gasteiger partial charge is 0.390 e. The Hall–Kier alpha value is -2.59. The standard InChI is InChI=1S/C16H20N4O2.C11H22O3.C2H6/c1-16(2,22)9-20-12(8-21)19-13-14(20)10-6-4-5-7-11(10)18-15(13)17-3;1-10(2,13)7-9-14-11(3,4)6-5-8-12;1-2/h4-7,21-22H,8-9H2,1-3H3,(H,17,18);8,13H,5-7,9H2,1-4H3;1-2H3. The molecule has 0 aliphatic carbocycles. The van der Waals surface area contributed by atoms with E-state index in [4.69, 9.17) is 4.74 Å². The number of hydrogen-bond acceptors (Lipinski definition) is 8. The smallest absolute Gasteiger partial charge is 0.154 e. The number of aldehydes is 1. The van der Waals surface area contributed by atoms with Gasteiger partial charge in [0.25, 0.3) is 0 Å². The van der Waals surface area contributed by atoms with Gasteiger partial charge in [0.15, 0.2) is 5.82 Å². The second kappa shape index (κ2) is 14.5. The number of aliphatic hydroxyl groups excluding tert-OH is 1. The van der Waals surface area contributed by atoms with Crippen LogP contribution in [-0.2, 0) is 22.7 Å². The zero-order valence-corrected chi connectivity index (χ0v) is 24.6. The van der Waals surface area contributed by atoms with Crippen molar-refractivity contribution in [3.63, 3.8) is 0 Å². The highest BCUT2D eigenvalue weighted by Crippen LogP contribution is 2.31. The molecule has 9 nitrogen and oxygen atoms in total. The monoisotopic (exact) mass is 532 g/mol. The molecule has 0 saturated heterocycles. The summed E-state index contributed by atoms with van der Waals surface area (Å²) in [4.78, 5) is 19.3. The molecular weight excluding hydrogens is 484 g/mol. The van der Waals surface area contributed by atoms with Crippen LogP contribution in [-0.4, -0.2) is 66.6 Å². The zero-order valence-electron chi connectivity index (χ0n) is 24.6. The van der Waals surface area contributed by atoms with Gasteiger partial charge in [0.05, 0.1) is 41.0 Å². The average molecular weight is 533 g/mol. The summed E-state index contributed by atoms with van der Waals surface area (Å²) >= 11 is 0. The molecule has 0 saturated carbocycles. The first-order chi connectivity index (χ1) is 17.7. The van der Waals surface area contributed by atoms with Crippen LogP contribution in [0.3, 0.4) is 0 Å². The Morgan fingerprint density at radius 1 is 1.00 bits per heavy atom. The van der Waals surface area contributed by atoms with Crippen molar-refractivity contribution in [3.8, 4) is 0 Å². The molecule has 9 heteroatoms. The number of carbonyl (C=O) groups is 1. The molecule has 4 N–H and O–H groups in total. The summed E-state index contributed by atoms with van der Waals surface area (Å²) in [6, 6.07) is 7.80. The Balaban J connectivity index is 0.000000393. The van der Waals surface area contributed by atoms with E-state index in [0.29, 0.717) is 43.2 Å². The van der Waals surface area contributed by atoms with Crippen LogP contribution in [0.4, 0.5) is 5.82 Å². The van der Waals surface area contributed by atoms with Gasteiger partial charge in [-0.2, -0.15) is 0 Å². The highest BCUT2D eigenvalue weighted by Gasteiger charge is 2.22. The second-order valence-electron chi connectivity index (χ2n) is 10.9. The van der Waals surface area contributed by atoms with Gasteiger partial charge in [-0.25, -0.2) is 9.97 Å². The maximum atomic E-state index is 10.2. The van der Waals surface area contributed by atoms with Crippen molar-refractivity contribution < 1.29 is 24.9 Å². The van der Waals surface area contributed by atoms with Crippen molar-refractivity contribution in [2.75, 3.05) is 19.0 Å². The summed E-state index contributed by atoms with van der Waals surface area (Å²) in [6.07, 6.45) is 2.76. The minimum Gasteiger partial charge on any atom is -0.390 e. The van der Waals surface area contributed by atoms with E-state index in [2.05, 4.69) is 15.3 Å². The number of nitrogens with one attached hydrogen (secondary N) is 1. The summed E-state index contributed by atoms with van der Waals surface area (Å²) in [7, 11) is 1.80. The van der Waals surface area contributed by atoms with Gasteiger partial charge in [-0.3, -0.25) is 0 Å². The lowest BCUT2D eigenvalue weighted by molar-refractivity contribution is -0.110. The third kappa shape index (κ3) is 10.3. The van der Waals surface area contributed by atoms with Crippen molar-refractivity contribution in [3.05, 3.63) is 30.1 Å². The molecule has 2 heterocycles. The molecule has 2 aromatic heterocycles. The van der Waals surface area contributed by atoms with Gasteiger partial charge in [-0.1, -0.05) is 32.0 Å². The molecule has 38 heavy (non-hydrogen) atoms. The number of para-hydroxylation sites is 1. The summed E-state index contributed by atoms with van der Waals surface area (Å²) in [5.41, 5.74) is 0.561. The number of nitrogens with zero attached hydrogens (tertiary/aromatic N) is 3. The molecule has 1 aromatic carbocycles. The topological polar surface area (TPSA) is 130 Å². The van der Waals surface area contributed by atoms with E-state index in [1.54, 1.807) is 34.7 Å². The first kappa shape index (κ1) is 33.4. The van der Waals surface area contributed by atoms with Gasteiger partial charge in [0.2, 0.25) is 0 Å². The fourth-order valence-corrected chi connectivity index (χ4v) is 3.79. The van der Waals surface area contributed by atoms with Crippen molar-refractivity contribution >= 4 is 34.0 Å².